The first-order valence-corrected chi connectivity index (χ1v) is 12.2. The van der Waals surface area contributed by atoms with Gasteiger partial charge in [0.25, 0.3) is 5.91 Å². The number of aromatic nitrogens is 1. The van der Waals surface area contributed by atoms with Crippen LogP contribution in [-0.4, -0.2) is 23.6 Å². The molecule has 0 bridgehead atoms. The highest BCUT2D eigenvalue weighted by Crippen LogP contribution is 2.36. The lowest BCUT2D eigenvalue weighted by molar-refractivity contribution is -0.140. The van der Waals surface area contributed by atoms with Crippen LogP contribution in [0.3, 0.4) is 0 Å². The maximum absolute atomic E-state index is 12.7. The first kappa shape index (κ1) is 23.8. The molecule has 1 aliphatic rings. The molecule has 0 aliphatic heterocycles. The van der Waals surface area contributed by atoms with E-state index in [-0.39, 0.29) is 12.4 Å². The Bertz CT molecular complexity index is 1140. The van der Waals surface area contributed by atoms with E-state index >= 15 is 0 Å². The zero-order valence-corrected chi connectivity index (χ0v) is 20.2. The van der Waals surface area contributed by atoms with E-state index in [1.54, 1.807) is 0 Å². The van der Waals surface area contributed by atoms with Crippen molar-refractivity contribution in [2.45, 2.75) is 58.4 Å². The van der Waals surface area contributed by atoms with E-state index in [4.69, 9.17) is 10.5 Å². The van der Waals surface area contributed by atoms with Gasteiger partial charge < -0.3 is 15.0 Å². The third-order valence-electron chi connectivity index (χ3n) is 7.12. The summed E-state index contributed by atoms with van der Waals surface area (Å²) in [5.41, 5.74) is 12.4. The van der Waals surface area contributed by atoms with E-state index in [0.717, 1.165) is 40.2 Å². The van der Waals surface area contributed by atoms with Gasteiger partial charge in [-0.3, -0.25) is 9.59 Å². The minimum absolute atomic E-state index is 0.255. The number of ether oxygens (including phenoxy) is 1. The van der Waals surface area contributed by atoms with Gasteiger partial charge in [-0.1, -0.05) is 73.9 Å². The molecule has 2 N–H and O–H groups in total. The molecule has 4 rings (SSSR count). The van der Waals surface area contributed by atoms with Crippen molar-refractivity contribution in [3.05, 3.63) is 71.5 Å². The predicted molar refractivity (Wildman–Crippen MR) is 135 cm³/mol. The standard InChI is InChI=1S/C29H34N2O3/c1-20-27(29(30)33)28(24-15-13-23(14-16-24)22-11-7-4-8-12-22)25(17-18-26(32)34-2)31(20)19-21-9-5-3-6-10-21/h4,7-8,11-16,21H,3,5-6,9-10,17-19H2,1-2H3,(H2,30,33). The van der Waals surface area contributed by atoms with E-state index < -0.39 is 5.91 Å². The van der Waals surface area contributed by atoms with Crippen molar-refractivity contribution in [3.8, 4) is 22.3 Å². The molecule has 3 aromatic rings. The predicted octanol–water partition coefficient (Wildman–Crippen LogP) is 5.92. The molecule has 5 heteroatoms. The van der Waals surface area contributed by atoms with Crippen LogP contribution in [0.15, 0.2) is 54.6 Å². The molecular weight excluding hydrogens is 424 g/mol. The van der Waals surface area contributed by atoms with Crippen molar-refractivity contribution in [3.63, 3.8) is 0 Å². The molecule has 1 saturated carbocycles. The summed E-state index contributed by atoms with van der Waals surface area (Å²) in [6.45, 7) is 2.83. The van der Waals surface area contributed by atoms with Gasteiger partial charge >= 0.3 is 5.97 Å². The fourth-order valence-corrected chi connectivity index (χ4v) is 5.33. The molecule has 0 saturated heterocycles. The SMILES string of the molecule is COC(=O)CCc1c(-c2ccc(-c3ccccc3)cc2)c(C(N)=O)c(C)n1CC1CCCCC1. The maximum Gasteiger partial charge on any atom is 0.305 e. The summed E-state index contributed by atoms with van der Waals surface area (Å²) in [7, 11) is 1.41. The average molecular weight is 459 g/mol. The number of rotatable bonds is 8. The lowest BCUT2D eigenvalue weighted by atomic mass is 9.89. The average Bonchev–Trinajstić information content (AvgIpc) is 3.15. The van der Waals surface area contributed by atoms with Gasteiger partial charge in [0.05, 0.1) is 19.1 Å². The zero-order chi connectivity index (χ0) is 24.1. The second-order valence-electron chi connectivity index (χ2n) is 9.28. The number of nitrogens with zero attached hydrogens (tertiary/aromatic N) is 1. The molecule has 5 nitrogen and oxygen atoms in total. The van der Waals surface area contributed by atoms with Crippen LogP contribution in [0.25, 0.3) is 22.3 Å². The number of methoxy groups -OCH3 is 1. The summed E-state index contributed by atoms with van der Waals surface area (Å²) in [5, 5.41) is 0. The fraction of sp³-hybridized carbons (Fsp3) is 0.379. The summed E-state index contributed by atoms with van der Waals surface area (Å²) in [5.74, 6) is -0.110. The normalized spacial score (nSPS) is 14.2. The van der Waals surface area contributed by atoms with Gasteiger partial charge in [-0.25, -0.2) is 0 Å². The fourth-order valence-electron chi connectivity index (χ4n) is 5.33. The first-order chi connectivity index (χ1) is 16.5. The molecule has 0 radical (unpaired) electrons. The Hall–Kier alpha value is -3.34. The van der Waals surface area contributed by atoms with Crippen LogP contribution in [0.1, 0.15) is 60.3 Å². The molecular formula is C29H34N2O3. The van der Waals surface area contributed by atoms with Crippen LogP contribution in [0.4, 0.5) is 0 Å². The quantitative estimate of drug-likeness (QED) is 0.426. The smallest absolute Gasteiger partial charge is 0.305 e. The number of amides is 1. The largest absolute Gasteiger partial charge is 0.469 e. The van der Waals surface area contributed by atoms with E-state index in [1.165, 1.54) is 39.2 Å². The molecule has 2 aromatic carbocycles. The number of benzene rings is 2. The minimum atomic E-state index is -0.429. The topological polar surface area (TPSA) is 74.3 Å². The third-order valence-corrected chi connectivity index (χ3v) is 7.12. The summed E-state index contributed by atoms with van der Waals surface area (Å²) >= 11 is 0. The monoisotopic (exact) mass is 458 g/mol. The Morgan fingerprint density at radius 1 is 0.941 bits per heavy atom. The molecule has 0 unspecified atom stereocenters. The summed E-state index contributed by atoms with van der Waals surface area (Å²) in [6, 6.07) is 18.5. The molecule has 1 amide bonds. The van der Waals surface area contributed by atoms with Crippen LogP contribution in [-0.2, 0) is 22.5 Å². The van der Waals surface area contributed by atoms with Crippen molar-refractivity contribution in [2.75, 3.05) is 7.11 Å². The molecule has 0 spiro atoms. The van der Waals surface area contributed by atoms with Crippen molar-refractivity contribution in [1.29, 1.82) is 0 Å². The van der Waals surface area contributed by atoms with Gasteiger partial charge in [0.1, 0.15) is 0 Å². The van der Waals surface area contributed by atoms with E-state index in [1.807, 2.05) is 25.1 Å². The number of hydrogen-bond acceptors (Lipinski definition) is 3. The second kappa shape index (κ2) is 10.7. The molecule has 1 aliphatic carbocycles. The van der Waals surface area contributed by atoms with E-state index in [0.29, 0.717) is 17.9 Å². The Morgan fingerprint density at radius 2 is 1.56 bits per heavy atom. The van der Waals surface area contributed by atoms with Gasteiger partial charge in [0.15, 0.2) is 0 Å². The van der Waals surface area contributed by atoms with Gasteiger partial charge in [0, 0.05) is 23.5 Å². The number of carbonyl (C=O) groups excluding carboxylic acids is 2. The number of esters is 1. The number of carbonyl (C=O) groups is 2. The molecule has 1 heterocycles. The summed E-state index contributed by atoms with van der Waals surface area (Å²) < 4.78 is 7.17. The van der Waals surface area contributed by atoms with Crippen molar-refractivity contribution in [1.82, 2.24) is 4.57 Å². The minimum Gasteiger partial charge on any atom is -0.469 e. The van der Waals surface area contributed by atoms with E-state index in [9.17, 15) is 9.59 Å². The molecule has 178 valence electrons. The highest BCUT2D eigenvalue weighted by Gasteiger charge is 2.27. The molecule has 1 aromatic heterocycles. The van der Waals surface area contributed by atoms with Gasteiger partial charge in [-0.15, -0.1) is 0 Å². The van der Waals surface area contributed by atoms with Crippen LogP contribution >= 0.6 is 0 Å². The van der Waals surface area contributed by atoms with Crippen molar-refractivity contribution >= 4 is 11.9 Å². The van der Waals surface area contributed by atoms with E-state index in [2.05, 4.69) is 41.0 Å². The maximum atomic E-state index is 12.7. The molecule has 1 fully saturated rings. The number of primary amides is 1. The van der Waals surface area contributed by atoms with Crippen LogP contribution in [0, 0.1) is 12.8 Å². The van der Waals surface area contributed by atoms with Crippen LogP contribution in [0.5, 0.6) is 0 Å². The van der Waals surface area contributed by atoms with Gasteiger partial charge in [-0.2, -0.15) is 0 Å². The highest BCUT2D eigenvalue weighted by atomic mass is 16.5. The van der Waals surface area contributed by atoms with Gasteiger partial charge in [0.2, 0.25) is 0 Å². The Morgan fingerprint density at radius 3 is 2.18 bits per heavy atom. The number of hydrogen-bond donors (Lipinski definition) is 1. The van der Waals surface area contributed by atoms with Crippen molar-refractivity contribution < 1.29 is 14.3 Å². The lowest BCUT2D eigenvalue weighted by Crippen LogP contribution is -2.18. The lowest BCUT2D eigenvalue weighted by Gasteiger charge is -2.24. The highest BCUT2D eigenvalue weighted by molar-refractivity contribution is 6.02. The van der Waals surface area contributed by atoms with Crippen molar-refractivity contribution in [2.24, 2.45) is 11.7 Å². The third kappa shape index (κ3) is 5.09. The molecule has 0 atom stereocenters. The Balaban J connectivity index is 1.79. The zero-order valence-electron chi connectivity index (χ0n) is 20.2. The Labute approximate surface area is 201 Å². The second-order valence-corrected chi connectivity index (χ2v) is 9.28. The first-order valence-electron chi connectivity index (χ1n) is 12.2. The van der Waals surface area contributed by atoms with Crippen LogP contribution in [0.2, 0.25) is 0 Å². The summed E-state index contributed by atoms with van der Waals surface area (Å²) in [4.78, 5) is 24.7. The summed E-state index contributed by atoms with van der Waals surface area (Å²) in [6.07, 6.45) is 6.95. The molecule has 34 heavy (non-hydrogen) atoms. The van der Waals surface area contributed by atoms with Crippen LogP contribution < -0.4 is 5.73 Å². The Kier molecular flexibility index (Phi) is 7.51. The van der Waals surface area contributed by atoms with Gasteiger partial charge in [-0.05, 0) is 48.8 Å². The number of nitrogens with two attached hydrogens (primary N) is 1.